The first-order valence-electron chi connectivity index (χ1n) is 5.17. The van der Waals surface area contributed by atoms with Crippen LogP contribution in [-0.2, 0) is 6.54 Å². The summed E-state index contributed by atoms with van der Waals surface area (Å²) < 4.78 is 2.07. The summed E-state index contributed by atoms with van der Waals surface area (Å²) in [6.45, 7) is 7.60. The average Bonchev–Trinajstić information content (AvgIpc) is 2.14. The molecule has 0 aliphatic carbocycles. The number of aryl methyl sites for hydroxylation is 1. The third kappa shape index (κ3) is 4.11. The minimum atomic E-state index is -0.377. The highest BCUT2D eigenvalue weighted by atomic mass is 16.1. The van der Waals surface area contributed by atoms with Gasteiger partial charge in [-0.2, -0.15) is 0 Å². The summed E-state index contributed by atoms with van der Waals surface area (Å²) in [6.07, 6.45) is 4.89. The van der Waals surface area contributed by atoms with Gasteiger partial charge in [0.25, 0.3) is 0 Å². The summed E-state index contributed by atoms with van der Waals surface area (Å²) >= 11 is 0. The van der Waals surface area contributed by atoms with Gasteiger partial charge in [-0.05, 0) is 5.41 Å². The molecule has 15 heavy (non-hydrogen) atoms. The average molecular weight is 207 g/mol. The van der Waals surface area contributed by atoms with Crippen molar-refractivity contribution in [2.45, 2.75) is 33.7 Å². The zero-order valence-electron chi connectivity index (χ0n) is 9.66. The SMILES string of the molecule is CC(C)(C)CC[n+]1ccc(C(N)=O)cc1. The van der Waals surface area contributed by atoms with Crippen molar-refractivity contribution in [2.75, 3.05) is 0 Å². The summed E-state index contributed by atoms with van der Waals surface area (Å²) in [5.41, 5.74) is 6.04. The van der Waals surface area contributed by atoms with Crippen LogP contribution in [0.3, 0.4) is 0 Å². The number of amides is 1. The molecule has 0 aromatic carbocycles. The van der Waals surface area contributed by atoms with E-state index in [0.717, 1.165) is 13.0 Å². The Labute approximate surface area is 90.9 Å². The smallest absolute Gasteiger partial charge is 0.249 e. The number of carbonyl (C=O) groups excluding carboxylic acids is 1. The first kappa shape index (κ1) is 11.7. The van der Waals surface area contributed by atoms with Crippen LogP contribution in [0.2, 0.25) is 0 Å². The molecule has 1 aromatic rings. The van der Waals surface area contributed by atoms with Crippen molar-refractivity contribution in [3.8, 4) is 0 Å². The van der Waals surface area contributed by atoms with Gasteiger partial charge in [0.05, 0.1) is 5.56 Å². The van der Waals surface area contributed by atoms with Crippen LogP contribution in [-0.4, -0.2) is 5.91 Å². The molecule has 3 heteroatoms. The first-order valence-corrected chi connectivity index (χ1v) is 5.17. The van der Waals surface area contributed by atoms with E-state index in [2.05, 4.69) is 25.3 Å². The van der Waals surface area contributed by atoms with Crippen LogP contribution in [0.25, 0.3) is 0 Å². The van der Waals surface area contributed by atoms with Crippen molar-refractivity contribution in [3.63, 3.8) is 0 Å². The Morgan fingerprint density at radius 2 is 1.87 bits per heavy atom. The molecule has 82 valence electrons. The van der Waals surface area contributed by atoms with E-state index < -0.39 is 0 Å². The largest absolute Gasteiger partial charge is 0.366 e. The molecule has 0 aliphatic heterocycles. The Balaban J connectivity index is 2.61. The molecule has 0 unspecified atom stereocenters. The molecule has 1 amide bonds. The van der Waals surface area contributed by atoms with E-state index in [4.69, 9.17) is 5.73 Å². The molecule has 0 aliphatic rings. The lowest BCUT2D eigenvalue weighted by Gasteiger charge is -2.15. The molecule has 1 heterocycles. The number of rotatable bonds is 3. The number of hydrogen-bond acceptors (Lipinski definition) is 1. The summed E-state index contributed by atoms with van der Waals surface area (Å²) in [5, 5.41) is 0. The molecule has 0 fully saturated rings. The van der Waals surface area contributed by atoms with Crippen molar-refractivity contribution in [1.82, 2.24) is 0 Å². The van der Waals surface area contributed by atoms with E-state index >= 15 is 0 Å². The zero-order chi connectivity index (χ0) is 11.5. The number of aromatic nitrogens is 1. The van der Waals surface area contributed by atoms with Gasteiger partial charge in [-0.1, -0.05) is 20.8 Å². The number of nitrogens with zero attached hydrogens (tertiary/aromatic N) is 1. The Bertz CT molecular complexity index is 336. The van der Waals surface area contributed by atoms with Crippen LogP contribution in [0.4, 0.5) is 0 Å². The molecular formula is C12H19N2O+. The fourth-order valence-corrected chi connectivity index (χ4v) is 1.24. The van der Waals surface area contributed by atoms with Gasteiger partial charge in [-0.3, -0.25) is 4.79 Å². The van der Waals surface area contributed by atoms with E-state index in [1.807, 2.05) is 12.4 Å². The predicted octanol–water partition coefficient (Wildman–Crippen LogP) is 1.51. The van der Waals surface area contributed by atoms with Gasteiger partial charge in [0.15, 0.2) is 12.4 Å². The Morgan fingerprint density at radius 3 is 2.27 bits per heavy atom. The standard InChI is InChI=1S/C12H18N2O/c1-12(2,3)6-9-14-7-4-10(5-8-14)11(13)15/h4-5,7-8H,6,9H2,1-3H3,(H-,13,15)/p+1. The summed E-state index contributed by atoms with van der Waals surface area (Å²) in [7, 11) is 0. The molecule has 0 saturated carbocycles. The molecule has 3 nitrogen and oxygen atoms in total. The highest BCUT2D eigenvalue weighted by Gasteiger charge is 2.13. The van der Waals surface area contributed by atoms with Crippen molar-refractivity contribution >= 4 is 5.91 Å². The fraction of sp³-hybridized carbons (Fsp3) is 0.500. The third-order valence-electron chi connectivity index (χ3n) is 2.30. The minimum Gasteiger partial charge on any atom is -0.366 e. The maximum absolute atomic E-state index is 10.8. The van der Waals surface area contributed by atoms with Crippen molar-refractivity contribution in [1.29, 1.82) is 0 Å². The van der Waals surface area contributed by atoms with E-state index in [9.17, 15) is 4.79 Å². The van der Waals surface area contributed by atoms with Crippen LogP contribution < -0.4 is 10.3 Å². The Kier molecular flexibility index (Phi) is 3.45. The van der Waals surface area contributed by atoms with Gasteiger partial charge in [-0.25, -0.2) is 4.57 Å². The van der Waals surface area contributed by atoms with Crippen LogP contribution >= 0.6 is 0 Å². The second kappa shape index (κ2) is 4.43. The van der Waals surface area contributed by atoms with Crippen LogP contribution in [0.5, 0.6) is 0 Å². The van der Waals surface area contributed by atoms with Crippen molar-refractivity contribution in [2.24, 2.45) is 11.1 Å². The van der Waals surface area contributed by atoms with Crippen LogP contribution in [0.1, 0.15) is 37.6 Å². The molecule has 0 radical (unpaired) electrons. The molecule has 0 saturated heterocycles. The maximum Gasteiger partial charge on any atom is 0.249 e. The second-order valence-electron chi connectivity index (χ2n) is 5.00. The van der Waals surface area contributed by atoms with Crippen LogP contribution in [0, 0.1) is 5.41 Å². The second-order valence-corrected chi connectivity index (χ2v) is 5.00. The van der Waals surface area contributed by atoms with Crippen LogP contribution in [0.15, 0.2) is 24.5 Å². The van der Waals surface area contributed by atoms with E-state index in [-0.39, 0.29) is 5.91 Å². The highest BCUT2D eigenvalue weighted by molar-refractivity contribution is 5.92. The lowest BCUT2D eigenvalue weighted by Crippen LogP contribution is -2.35. The molecule has 0 atom stereocenters. The zero-order valence-corrected chi connectivity index (χ0v) is 9.66. The molecular weight excluding hydrogens is 188 g/mol. The van der Waals surface area contributed by atoms with E-state index in [1.165, 1.54) is 0 Å². The number of nitrogens with two attached hydrogens (primary N) is 1. The van der Waals surface area contributed by atoms with Gasteiger partial charge in [0.2, 0.25) is 5.91 Å². The number of pyridine rings is 1. The lowest BCUT2D eigenvalue weighted by molar-refractivity contribution is -0.698. The molecule has 1 aromatic heterocycles. The number of carbonyl (C=O) groups is 1. The molecule has 0 spiro atoms. The maximum atomic E-state index is 10.8. The normalized spacial score (nSPS) is 11.4. The molecule has 1 rings (SSSR count). The number of primary amides is 1. The van der Waals surface area contributed by atoms with E-state index in [0.29, 0.717) is 11.0 Å². The van der Waals surface area contributed by atoms with E-state index in [1.54, 1.807) is 12.1 Å². The highest BCUT2D eigenvalue weighted by Crippen LogP contribution is 2.17. The minimum absolute atomic E-state index is 0.329. The molecule has 2 N–H and O–H groups in total. The Morgan fingerprint density at radius 1 is 1.33 bits per heavy atom. The van der Waals surface area contributed by atoms with Gasteiger partial charge in [0.1, 0.15) is 6.54 Å². The summed E-state index contributed by atoms with van der Waals surface area (Å²) in [4.78, 5) is 10.8. The van der Waals surface area contributed by atoms with Gasteiger partial charge in [0, 0.05) is 18.6 Å². The fourth-order valence-electron chi connectivity index (χ4n) is 1.24. The topological polar surface area (TPSA) is 47.0 Å². The van der Waals surface area contributed by atoms with Gasteiger partial charge < -0.3 is 5.73 Å². The first-order chi connectivity index (χ1) is 6.88. The lowest BCUT2D eigenvalue weighted by atomic mass is 9.92. The number of hydrogen-bond donors (Lipinski definition) is 1. The third-order valence-corrected chi connectivity index (χ3v) is 2.30. The summed E-state index contributed by atoms with van der Waals surface area (Å²) in [5.74, 6) is -0.377. The summed E-state index contributed by atoms with van der Waals surface area (Å²) in [6, 6.07) is 3.51. The van der Waals surface area contributed by atoms with Gasteiger partial charge >= 0.3 is 0 Å². The molecule has 0 bridgehead atoms. The predicted molar refractivity (Wildman–Crippen MR) is 59.2 cm³/mol. The quantitative estimate of drug-likeness (QED) is 0.750. The Hall–Kier alpha value is -1.38. The van der Waals surface area contributed by atoms with Gasteiger partial charge in [-0.15, -0.1) is 0 Å². The monoisotopic (exact) mass is 207 g/mol. The van der Waals surface area contributed by atoms with Crippen molar-refractivity contribution < 1.29 is 9.36 Å². The van der Waals surface area contributed by atoms with Crippen molar-refractivity contribution in [3.05, 3.63) is 30.1 Å².